The molecule has 0 aromatic heterocycles. The lowest BCUT2D eigenvalue weighted by molar-refractivity contribution is 0.0689. The molecule has 0 saturated carbocycles. The lowest BCUT2D eigenvalue weighted by Crippen LogP contribution is -2.08. The largest absolute Gasteiger partial charge is 0.485 e. The van der Waals surface area contributed by atoms with E-state index >= 15 is 0 Å². The monoisotopic (exact) mass is 256 g/mol. The third-order valence-corrected chi connectivity index (χ3v) is 3.01. The number of carbonyl (C=O) groups is 1. The number of benzene rings is 2. The molecule has 0 spiro atoms. The molecule has 19 heavy (non-hydrogen) atoms. The molecule has 2 rings (SSSR count). The second-order valence-electron chi connectivity index (χ2n) is 4.43. The Hall–Kier alpha value is -2.29. The van der Waals surface area contributed by atoms with Crippen LogP contribution in [0.2, 0.25) is 0 Å². The van der Waals surface area contributed by atoms with Gasteiger partial charge in [0.25, 0.3) is 0 Å². The summed E-state index contributed by atoms with van der Waals surface area (Å²) in [6, 6.07) is 14.9. The van der Waals surface area contributed by atoms with E-state index in [4.69, 9.17) is 4.74 Å². The van der Waals surface area contributed by atoms with Gasteiger partial charge >= 0.3 is 5.97 Å². The number of carboxylic acids is 1. The Morgan fingerprint density at radius 3 is 2.42 bits per heavy atom. The number of hydrogen-bond acceptors (Lipinski definition) is 2. The number of para-hydroxylation sites is 1. The summed E-state index contributed by atoms with van der Waals surface area (Å²) in [7, 11) is 0. The molecule has 0 saturated heterocycles. The van der Waals surface area contributed by atoms with Crippen LogP contribution in [0.3, 0.4) is 0 Å². The van der Waals surface area contributed by atoms with Crippen molar-refractivity contribution in [3.63, 3.8) is 0 Å². The summed E-state index contributed by atoms with van der Waals surface area (Å²) in [5, 5.41) is 9.19. The molecular weight excluding hydrogens is 240 g/mol. The lowest BCUT2D eigenvalue weighted by Gasteiger charge is -2.18. The van der Waals surface area contributed by atoms with Crippen LogP contribution in [0.4, 0.5) is 0 Å². The van der Waals surface area contributed by atoms with Gasteiger partial charge in [-0.1, -0.05) is 42.5 Å². The number of hydrogen-bond donors (Lipinski definition) is 1. The Kier molecular flexibility index (Phi) is 3.85. The first kappa shape index (κ1) is 13.1. The Bertz CT molecular complexity index is 576. The molecule has 0 aliphatic carbocycles. The van der Waals surface area contributed by atoms with Gasteiger partial charge in [-0.25, -0.2) is 4.79 Å². The molecule has 98 valence electrons. The Morgan fingerprint density at radius 1 is 1.11 bits per heavy atom. The zero-order valence-corrected chi connectivity index (χ0v) is 11.0. The van der Waals surface area contributed by atoms with Gasteiger partial charge in [-0.2, -0.15) is 0 Å². The number of carboxylic acid groups (broad SMARTS) is 1. The maximum atomic E-state index is 11.2. The van der Waals surface area contributed by atoms with E-state index in [1.165, 1.54) is 0 Å². The molecule has 0 fully saturated rings. The van der Waals surface area contributed by atoms with E-state index in [1.807, 2.05) is 50.2 Å². The minimum absolute atomic E-state index is 0.194. The summed E-state index contributed by atoms with van der Waals surface area (Å²) >= 11 is 0. The van der Waals surface area contributed by atoms with Crippen LogP contribution < -0.4 is 4.74 Å². The normalized spacial score (nSPS) is 11.9. The topological polar surface area (TPSA) is 46.5 Å². The summed E-state index contributed by atoms with van der Waals surface area (Å²) < 4.78 is 5.84. The van der Waals surface area contributed by atoms with Crippen LogP contribution >= 0.6 is 0 Å². The molecule has 1 unspecified atom stereocenters. The van der Waals surface area contributed by atoms with E-state index in [9.17, 15) is 9.90 Å². The van der Waals surface area contributed by atoms with Crippen LogP contribution in [0.5, 0.6) is 5.75 Å². The molecule has 0 heterocycles. The van der Waals surface area contributed by atoms with Crippen molar-refractivity contribution < 1.29 is 14.6 Å². The zero-order valence-electron chi connectivity index (χ0n) is 11.0. The minimum Gasteiger partial charge on any atom is -0.485 e. The number of ether oxygens (including phenoxy) is 1. The minimum atomic E-state index is -0.973. The van der Waals surface area contributed by atoms with Gasteiger partial charge in [0.15, 0.2) is 0 Å². The average molecular weight is 256 g/mol. The van der Waals surface area contributed by atoms with E-state index in [1.54, 1.807) is 12.1 Å². The van der Waals surface area contributed by atoms with Gasteiger partial charge in [-0.3, -0.25) is 0 Å². The van der Waals surface area contributed by atoms with Gasteiger partial charge in [0, 0.05) is 0 Å². The van der Waals surface area contributed by atoms with Crippen LogP contribution in [-0.4, -0.2) is 11.1 Å². The Morgan fingerprint density at radius 2 is 1.79 bits per heavy atom. The molecule has 0 aliphatic heterocycles. The highest BCUT2D eigenvalue weighted by atomic mass is 16.5. The van der Waals surface area contributed by atoms with Crippen molar-refractivity contribution in [2.24, 2.45) is 0 Å². The number of aromatic carboxylic acids is 1. The number of rotatable bonds is 4. The molecule has 2 aromatic carbocycles. The molecule has 0 aliphatic rings. The van der Waals surface area contributed by atoms with Crippen LogP contribution in [0, 0.1) is 6.92 Å². The van der Waals surface area contributed by atoms with Crippen LogP contribution in [0.25, 0.3) is 0 Å². The fourth-order valence-electron chi connectivity index (χ4n) is 1.95. The first-order valence-electron chi connectivity index (χ1n) is 6.14. The third kappa shape index (κ3) is 2.94. The Labute approximate surface area is 112 Å². The maximum absolute atomic E-state index is 11.2. The van der Waals surface area contributed by atoms with Gasteiger partial charge in [0.1, 0.15) is 17.4 Å². The predicted molar refractivity (Wildman–Crippen MR) is 73.6 cm³/mol. The smallest absolute Gasteiger partial charge is 0.339 e. The standard InChI is InChI=1S/C16H16O3/c1-11-7-6-10-14(16(17)18)15(11)19-12(2)13-8-4-3-5-9-13/h3-10,12H,1-2H3,(H,17,18). The summed E-state index contributed by atoms with van der Waals surface area (Å²) in [5.74, 6) is -0.537. The molecule has 0 bridgehead atoms. The average Bonchev–Trinajstić information content (AvgIpc) is 2.41. The lowest BCUT2D eigenvalue weighted by atomic mass is 10.1. The second-order valence-corrected chi connectivity index (χ2v) is 4.43. The van der Waals surface area contributed by atoms with E-state index in [0.29, 0.717) is 5.75 Å². The highest BCUT2D eigenvalue weighted by molar-refractivity contribution is 5.91. The molecular formula is C16H16O3. The first-order chi connectivity index (χ1) is 9.09. The Balaban J connectivity index is 2.31. The van der Waals surface area contributed by atoms with Crippen molar-refractivity contribution in [2.45, 2.75) is 20.0 Å². The third-order valence-electron chi connectivity index (χ3n) is 3.01. The number of aryl methyl sites for hydroxylation is 1. The van der Waals surface area contributed by atoms with Crippen LogP contribution in [0.15, 0.2) is 48.5 Å². The summed E-state index contributed by atoms with van der Waals surface area (Å²) in [6.07, 6.45) is -0.194. The van der Waals surface area contributed by atoms with E-state index in [0.717, 1.165) is 11.1 Å². The molecule has 1 N–H and O–H groups in total. The van der Waals surface area contributed by atoms with Crippen molar-refractivity contribution in [2.75, 3.05) is 0 Å². The van der Waals surface area contributed by atoms with Crippen molar-refractivity contribution in [3.05, 3.63) is 65.2 Å². The zero-order chi connectivity index (χ0) is 13.8. The summed E-state index contributed by atoms with van der Waals surface area (Å²) in [6.45, 7) is 3.76. The van der Waals surface area contributed by atoms with Crippen LogP contribution in [-0.2, 0) is 0 Å². The van der Waals surface area contributed by atoms with Gasteiger partial charge in [0.05, 0.1) is 0 Å². The summed E-state index contributed by atoms with van der Waals surface area (Å²) in [5.41, 5.74) is 2.03. The fraction of sp³-hybridized carbons (Fsp3) is 0.188. The quantitative estimate of drug-likeness (QED) is 0.904. The van der Waals surface area contributed by atoms with Crippen molar-refractivity contribution in [1.82, 2.24) is 0 Å². The first-order valence-corrected chi connectivity index (χ1v) is 6.14. The van der Waals surface area contributed by atoms with Crippen molar-refractivity contribution >= 4 is 5.97 Å². The maximum Gasteiger partial charge on any atom is 0.339 e. The second kappa shape index (κ2) is 5.57. The van der Waals surface area contributed by atoms with E-state index in [-0.39, 0.29) is 11.7 Å². The molecule has 0 radical (unpaired) electrons. The highest BCUT2D eigenvalue weighted by Crippen LogP contribution is 2.28. The van der Waals surface area contributed by atoms with Gasteiger partial charge in [-0.15, -0.1) is 0 Å². The van der Waals surface area contributed by atoms with Crippen LogP contribution in [0.1, 0.15) is 34.5 Å². The van der Waals surface area contributed by atoms with Crippen molar-refractivity contribution in [3.8, 4) is 5.75 Å². The molecule has 1 atom stereocenters. The summed E-state index contributed by atoms with van der Waals surface area (Å²) in [4.78, 5) is 11.2. The van der Waals surface area contributed by atoms with E-state index < -0.39 is 5.97 Å². The van der Waals surface area contributed by atoms with Gasteiger partial charge < -0.3 is 9.84 Å². The van der Waals surface area contributed by atoms with Crippen molar-refractivity contribution in [1.29, 1.82) is 0 Å². The molecule has 2 aromatic rings. The SMILES string of the molecule is Cc1cccc(C(=O)O)c1OC(C)c1ccccc1. The molecule has 3 nitrogen and oxygen atoms in total. The van der Waals surface area contributed by atoms with Gasteiger partial charge in [-0.05, 0) is 31.0 Å². The highest BCUT2D eigenvalue weighted by Gasteiger charge is 2.16. The molecule has 0 amide bonds. The van der Waals surface area contributed by atoms with E-state index in [2.05, 4.69) is 0 Å². The fourth-order valence-corrected chi connectivity index (χ4v) is 1.95. The van der Waals surface area contributed by atoms with Gasteiger partial charge in [0.2, 0.25) is 0 Å². The predicted octanol–water partition coefficient (Wildman–Crippen LogP) is 3.83. The molecule has 3 heteroatoms.